The third-order valence-electron chi connectivity index (χ3n) is 2.13. The number of aliphatic hydroxyl groups excluding tert-OH is 3. The fourth-order valence-corrected chi connectivity index (χ4v) is 1.31. The van der Waals surface area contributed by atoms with Crippen molar-refractivity contribution in [3.63, 3.8) is 0 Å². The highest BCUT2D eigenvalue weighted by molar-refractivity contribution is 4.89. The maximum Gasteiger partial charge on any atom is 0.228 e. The Bertz CT molecular complexity index is 217. The summed E-state index contributed by atoms with van der Waals surface area (Å²) in [6.07, 6.45) is -5.19. The zero-order chi connectivity index (χ0) is 10.9. The summed E-state index contributed by atoms with van der Waals surface area (Å²) in [5.41, 5.74) is 0. The summed E-state index contributed by atoms with van der Waals surface area (Å²) >= 11 is 0. The molecule has 5 unspecified atom stereocenters. The molecule has 0 aliphatic carbocycles. The van der Waals surface area contributed by atoms with Crippen LogP contribution in [0.2, 0.25) is 0 Å². The minimum absolute atomic E-state index is 0.379. The van der Waals surface area contributed by atoms with Gasteiger partial charge < -0.3 is 24.8 Å². The lowest BCUT2D eigenvalue weighted by molar-refractivity contribution is -0.282. The number of ether oxygens (including phenoxy) is 2. The van der Waals surface area contributed by atoms with E-state index in [1.807, 2.05) is 0 Å². The van der Waals surface area contributed by atoms with E-state index in [-0.39, 0.29) is 0 Å². The maximum absolute atomic E-state index is 9.47. The molecule has 82 valence electrons. The first kappa shape index (κ1) is 11.5. The van der Waals surface area contributed by atoms with E-state index in [2.05, 4.69) is 6.58 Å². The second kappa shape index (κ2) is 4.27. The van der Waals surface area contributed by atoms with Crippen molar-refractivity contribution in [3.05, 3.63) is 12.3 Å². The van der Waals surface area contributed by atoms with Gasteiger partial charge in [-0.3, -0.25) is 0 Å². The van der Waals surface area contributed by atoms with Crippen LogP contribution >= 0.6 is 0 Å². The molecule has 5 atom stereocenters. The van der Waals surface area contributed by atoms with Gasteiger partial charge in [-0.05, 0) is 13.8 Å². The van der Waals surface area contributed by atoms with Crippen molar-refractivity contribution in [3.8, 4) is 0 Å². The highest BCUT2D eigenvalue weighted by Gasteiger charge is 2.42. The van der Waals surface area contributed by atoms with Crippen LogP contribution in [0.3, 0.4) is 0 Å². The molecule has 14 heavy (non-hydrogen) atoms. The molecule has 0 saturated carbocycles. The van der Waals surface area contributed by atoms with Crippen LogP contribution in [0.5, 0.6) is 0 Å². The number of rotatable bonds is 2. The van der Waals surface area contributed by atoms with Crippen molar-refractivity contribution in [1.29, 1.82) is 0 Å². The quantitative estimate of drug-likeness (QED) is 0.522. The molecule has 1 saturated heterocycles. The topological polar surface area (TPSA) is 79.2 Å². The smallest absolute Gasteiger partial charge is 0.228 e. The van der Waals surface area contributed by atoms with Crippen molar-refractivity contribution in [2.24, 2.45) is 0 Å². The Balaban J connectivity index is 2.65. The lowest BCUT2D eigenvalue weighted by atomic mass is 10.0. The molecule has 1 aliphatic rings. The van der Waals surface area contributed by atoms with Crippen LogP contribution in [0, 0.1) is 0 Å². The Hall–Kier alpha value is -0.620. The molecule has 0 aromatic carbocycles. The molecule has 3 N–H and O–H groups in total. The van der Waals surface area contributed by atoms with Gasteiger partial charge in [0.25, 0.3) is 0 Å². The molecule has 1 rings (SSSR count). The van der Waals surface area contributed by atoms with Crippen LogP contribution in [0.15, 0.2) is 12.3 Å². The molecule has 5 heteroatoms. The summed E-state index contributed by atoms with van der Waals surface area (Å²) in [5.74, 6) is 0.379. The lowest BCUT2D eigenvalue weighted by Crippen LogP contribution is -2.57. The van der Waals surface area contributed by atoms with E-state index < -0.39 is 30.7 Å². The Morgan fingerprint density at radius 2 is 1.79 bits per heavy atom. The normalized spacial score (nSPS) is 43.4. The van der Waals surface area contributed by atoms with Crippen LogP contribution in [0.25, 0.3) is 0 Å². The number of aliphatic hydroxyl groups is 3. The molecular weight excluding hydrogens is 188 g/mol. The second-order valence-electron chi connectivity index (χ2n) is 3.50. The lowest BCUT2D eigenvalue weighted by Gasteiger charge is -2.38. The van der Waals surface area contributed by atoms with Crippen molar-refractivity contribution >= 4 is 0 Å². The predicted octanol–water partition coefficient (Wildman–Crippen LogP) is -0.636. The van der Waals surface area contributed by atoms with Crippen LogP contribution in [0.1, 0.15) is 13.8 Å². The van der Waals surface area contributed by atoms with Gasteiger partial charge in [0.1, 0.15) is 18.3 Å². The van der Waals surface area contributed by atoms with E-state index in [0.717, 1.165) is 0 Å². The number of hydrogen-bond acceptors (Lipinski definition) is 5. The van der Waals surface area contributed by atoms with Crippen molar-refractivity contribution in [2.45, 2.75) is 44.6 Å². The second-order valence-corrected chi connectivity index (χ2v) is 3.50. The Morgan fingerprint density at radius 1 is 1.21 bits per heavy atom. The zero-order valence-electron chi connectivity index (χ0n) is 8.25. The van der Waals surface area contributed by atoms with Gasteiger partial charge in [0.15, 0.2) is 0 Å². The number of allylic oxidation sites excluding steroid dienone is 1. The molecule has 0 aromatic heterocycles. The Labute approximate surface area is 82.6 Å². The molecule has 0 bridgehead atoms. The number of hydrogen-bond donors (Lipinski definition) is 3. The average molecular weight is 204 g/mol. The molecular formula is C9H16O5. The molecule has 0 aromatic rings. The molecule has 0 radical (unpaired) electrons. The predicted molar refractivity (Wildman–Crippen MR) is 48.3 cm³/mol. The molecule has 1 aliphatic heterocycles. The van der Waals surface area contributed by atoms with Gasteiger partial charge in [-0.15, -0.1) is 0 Å². The highest BCUT2D eigenvalue weighted by Crippen LogP contribution is 2.22. The monoisotopic (exact) mass is 204 g/mol. The van der Waals surface area contributed by atoms with Gasteiger partial charge in [0.05, 0.1) is 11.9 Å². The summed E-state index contributed by atoms with van der Waals surface area (Å²) < 4.78 is 10.2. The van der Waals surface area contributed by atoms with E-state index in [4.69, 9.17) is 9.47 Å². The fraction of sp³-hybridized carbons (Fsp3) is 0.778. The average Bonchev–Trinajstić information content (AvgIpc) is 2.10. The summed E-state index contributed by atoms with van der Waals surface area (Å²) in [6.45, 7) is 6.70. The maximum atomic E-state index is 9.47. The molecule has 1 heterocycles. The largest absolute Gasteiger partial charge is 0.467 e. The third kappa shape index (κ3) is 2.24. The summed E-state index contributed by atoms with van der Waals surface area (Å²) in [6, 6.07) is 0. The van der Waals surface area contributed by atoms with Crippen molar-refractivity contribution < 1.29 is 24.8 Å². The first-order valence-electron chi connectivity index (χ1n) is 4.45. The summed E-state index contributed by atoms with van der Waals surface area (Å²) in [4.78, 5) is 0. The first-order chi connectivity index (χ1) is 6.43. The molecule has 5 nitrogen and oxygen atoms in total. The van der Waals surface area contributed by atoms with Crippen molar-refractivity contribution in [1.82, 2.24) is 0 Å². The highest BCUT2D eigenvalue weighted by atomic mass is 16.7. The summed E-state index contributed by atoms with van der Waals surface area (Å²) in [7, 11) is 0. The van der Waals surface area contributed by atoms with Gasteiger partial charge in [-0.1, -0.05) is 6.58 Å². The summed E-state index contributed by atoms with van der Waals surface area (Å²) in [5, 5.41) is 28.2. The van der Waals surface area contributed by atoms with Crippen LogP contribution in [-0.2, 0) is 9.47 Å². The van der Waals surface area contributed by atoms with E-state index in [1.54, 1.807) is 13.8 Å². The van der Waals surface area contributed by atoms with Crippen molar-refractivity contribution in [2.75, 3.05) is 0 Å². The SMILES string of the molecule is C=C(C)OC1OC(C)C(O)C(O)C1O. The van der Waals surface area contributed by atoms with Crippen LogP contribution in [0.4, 0.5) is 0 Å². The first-order valence-corrected chi connectivity index (χ1v) is 4.45. The van der Waals surface area contributed by atoms with Gasteiger partial charge in [-0.25, -0.2) is 0 Å². The van der Waals surface area contributed by atoms with E-state index in [1.165, 1.54) is 0 Å². The molecule has 1 fully saturated rings. The Morgan fingerprint density at radius 3 is 2.29 bits per heavy atom. The minimum atomic E-state index is -1.27. The van der Waals surface area contributed by atoms with E-state index >= 15 is 0 Å². The van der Waals surface area contributed by atoms with Crippen LogP contribution in [-0.4, -0.2) is 46.0 Å². The van der Waals surface area contributed by atoms with E-state index in [0.29, 0.717) is 5.76 Å². The zero-order valence-corrected chi connectivity index (χ0v) is 8.25. The molecule has 0 spiro atoms. The Kier molecular flexibility index (Phi) is 3.49. The minimum Gasteiger partial charge on any atom is -0.467 e. The van der Waals surface area contributed by atoms with Gasteiger partial charge in [0, 0.05) is 0 Å². The fourth-order valence-electron chi connectivity index (χ4n) is 1.31. The molecule has 0 amide bonds. The van der Waals surface area contributed by atoms with E-state index in [9.17, 15) is 15.3 Å². The van der Waals surface area contributed by atoms with Gasteiger partial charge in [0.2, 0.25) is 6.29 Å². The third-order valence-corrected chi connectivity index (χ3v) is 2.13. The van der Waals surface area contributed by atoms with Gasteiger partial charge in [-0.2, -0.15) is 0 Å². The standard InChI is InChI=1S/C9H16O5/c1-4(2)13-9-8(12)7(11)6(10)5(3)14-9/h5-12H,1H2,2-3H3. The van der Waals surface area contributed by atoms with Crippen LogP contribution < -0.4 is 0 Å². The van der Waals surface area contributed by atoms with Gasteiger partial charge >= 0.3 is 0 Å².